The van der Waals surface area contributed by atoms with Gasteiger partial charge in [0.1, 0.15) is 11.6 Å². The van der Waals surface area contributed by atoms with Crippen LogP contribution in [0.3, 0.4) is 0 Å². The third-order valence-corrected chi connectivity index (χ3v) is 4.66. The van der Waals surface area contributed by atoms with E-state index in [1.165, 1.54) is 12.1 Å². The van der Waals surface area contributed by atoms with Crippen LogP contribution in [0.5, 0.6) is 0 Å². The first kappa shape index (κ1) is 17.6. The molecule has 0 spiro atoms. The molecule has 140 valence electrons. The fourth-order valence-electron chi connectivity index (χ4n) is 3.27. The molecule has 1 aromatic carbocycles. The van der Waals surface area contributed by atoms with Crippen molar-refractivity contribution in [3.8, 4) is 11.3 Å². The lowest BCUT2D eigenvalue weighted by Crippen LogP contribution is -2.37. The quantitative estimate of drug-likeness (QED) is 0.701. The maximum atomic E-state index is 13.2. The fourth-order valence-corrected chi connectivity index (χ4v) is 3.27. The van der Waals surface area contributed by atoms with Crippen molar-refractivity contribution in [3.05, 3.63) is 65.7 Å². The summed E-state index contributed by atoms with van der Waals surface area (Å²) in [6.45, 7) is 4.55. The minimum Gasteiger partial charge on any atom is -0.378 e. The summed E-state index contributed by atoms with van der Waals surface area (Å²) in [6, 6.07) is 10.5. The van der Waals surface area contributed by atoms with Crippen LogP contribution in [-0.4, -0.2) is 41.5 Å². The van der Waals surface area contributed by atoms with Gasteiger partial charge >= 0.3 is 0 Å². The summed E-state index contributed by atoms with van der Waals surface area (Å²) in [6.07, 6.45) is 3.63. The molecule has 3 aromatic rings. The van der Waals surface area contributed by atoms with E-state index in [1.807, 2.05) is 12.3 Å². The van der Waals surface area contributed by atoms with Crippen LogP contribution in [0.1, 0.15) is 11.1 Å². The van der Waals surface area contributed by atoms with Crippen molar-refractivity contribution in [2.75, 3.05) is 31.2 Å². The van der Waals surface area contributed by atoms with Gasteiger partial charge in [0.15, 0.2) is 0 Å². The van der Waals surface area contributed by atoms with E-state index < -0.39 is 0 Å². The van der Waals surface area contributed by atoms with E-state index in [0.29, 0.717) is 13.1 Å². The van der Waals surface area contributed by atoms with Gasteiger partial charge in [-0.2, -0.15) is 5.10 Å². The summed E-state index contributed by atoms with van der Waals surface area (Å²) in [5, 5.41) is 10.6. The van der Waals surface area contributed by atoms with Gasteiger partial charge in [0.25, 0.3) is 0 Å². The molecule has 0 amide bonds. The molecular weight excluding hydrogens is 345 g/mol. The zero-order valence-electron chi connectivity index (χ0n) is 15.0. The van der Waals surface area contributed by atoms with Gasteiger partial charge in [-0.1, -0.05) is 6.07 Å². The Labute approximate surface area is 157 Å². The second-order valence-electron chi connectivity index (χ2n) is 6.47. The second kappa shape index (κ2) is 8.28. The van der Waals surface area contributed by atoms with Crippen molar-refractivity contribution < 1.29 is 9.13 Å². The molecule has 0 radical (unpaired) electrons. The maximum absolute atomic E-state index is 13.2. The van der Waals surface area contributed by atoms with Crippen LogP contribution in [0.4, 0.5) is 10.2 Å². The Balaban J connectivity index is 1.43. The molecular formula is C20H22FN5O. The van der Waals surface area contributed by atoms with Gasteiger partial charge in [-0.25, -0.2) is 9.37 Å². The van der Waals surface area contributed by atoms with Crippen LogP contribution in [0.25, 0.3) is 11.3 Å². The summed E-state index contributed by atoms with van der Waals surface area (Å²) < 4.78 is 18.6. The molecule has 1 aliphatic heterocycles. The van der Waals surface area contributed by atoms with E-state index in [1.54, 1.807) is 18.3 Å². The number of pyridine rings is 1. The van der Waals surface area contributed by atoms with Crippen LogP contribution < -0.4 is 10.2 Å². The number of hydrogen-bond donors (Lipinski definition) is 2. The number of anilines is 1. The molecule has 1 saturated heterocycles. The molecule has 3 heterocycles. The zero-order valence-corrected chi connectivity index (χ0v) is 15.0. The van der Waals surface area contributed by atoms with Gasteiger partial charge in [-0.15, -0.1) is 0 Å². The predicted molar refractivity (Wildman–Crippen MR) is 102 cm³/mol. The normalized spacial score (nSPS) is 14.5. The van der Waals surface area contributed by atoms with Crippen molar-refractivity contribution in [2.24, 2.45) is 0 Å². The summed E-state index contributed by atoms with van der Waals surface area (Å²) in [4.78, 5) is 6.83. The van der Waals surface area contributed by atoms with Gasteiger partial charge < -0.3 is 15.0 Å². The Morgan fingerprint density at radius 1 is 1.07 bits per heavy atom. The molecule has 27 heavy (non-hydrogen) atoms. The lowest BCUT2D eigenvalue weighted by atomic mass is 10.1. The van der Waals surface area contributed by atoms with Gasteiger partial charge in [-0.05, 0) is 30.3 Å². The monoisotopic (exact) mass is 367 g/mol. The summed E-state index contributed by atoms with van der Waals surface area (Å²) in [5.74, 6) is 0.768. The van der Waals surface area contributed by atoms with Crippen molar-refractivity contribution in [1.82, 2.24) is 20.5 Å². The number of halogens is 1. The van der Waals surface area contributed by atoms with Crippen LogP contribution in [0, 0.1) is 5.82 Å². The Hall–Kier alpha value is -2.77. The molecule has 2 N–H and O–H groups in total. The van der Waals surface area contributed by atoms with Gasteiger partial charge in [-0.3, -0.25) is 5.10 Å². The number of nitrogens with one attached hydrogen (secondary N) is 2. The lowest BCUT2D eigenvalue weighted by molar-refractivity contribution is 0.122. The Morgan fingerprint density at radius 3 is 2.67 bits per heavy atom. The first-order chi connectivity index (χ1) is 13.3. The third-order valence-electron chi connectivity index (χ3n) is 4.66. The van der Waals surface area contributed by atoms with Gasteiger partial charge in [0, 0.05) is 49.1 Å². The molecule has 6 nitrogen and oxygen atoms in total. The number of hydrogen-bond acceptors (Lipinski definition) is 5. The van der Waals surface area contributed by atoms with Gasteiger partial charge in [0.05, 0.1) is 25.1 Å². The smallest absolute Gasteiger partial charge is 0.133 e. The Morgan fingerprint density at radius 2 is 1.85 bits per heavy atom. The number of nitrogens with zero attached hydrogens (tertiary/aromatic N) is 3. The minimum absolute atomic E-state index is 0.245. The number of morpholine rings is 1. The van der Waals surface area contributed by atoms with Crippen molar-refractivity contribution in [2.45, 2.75) is 13.1 Å². The first-order valence-electron chi connectivity index (χ1n) is 9.07. The topological polar surface area (TPSA) is 66.1 Å². The highest BCUT2D eigenvalue weighted by molar-refractivity contribution is 5.62. The van der Waals surface area contributed by atoms with Crippen LogP contribution in [0.15, 0.2) is 48.8 Å². The van der Waals surface area contributed by atoms with Crippen molar-refractivity contribution >= 4 is 5.82 Å². The average Bonchev–Trinajstić information content (AvgIpc) is 3.18. The number of rotatable bonds is 6. The third kappa shape index (κ3) is 4.15. The fraction of sp³-hybridized carbons (Fsp3) is 0.300. The molecule has 0 saturated carbocycles. The van der Waals surface area contributed by atoms with Crippen molar-refractivity contribution in [3.63, 3.8) is 0 Å². The van der Waals surface area contributed by atoms with Crippen molar-refractivity contribution in [1.29, 1.82) is 0 Å². The number of ether oxygens (including phenoxy) is 1. The Kier molecular flexibility index (Phi) is 5.41. The largest absolute Gasteiger partial charge is 0.378 e. The number of aromatic nitrogens is 3. The highest BCUT2D eigenvalue weighted by Crippen LogP contribution is 2.22. The van der Waals surface area contributed by atoms with E-state index >= 15 is 0 Å². The predicted octanol–water partition coefficient (Wildman–Crippen LogP) is 2.74. The molecule has 0 bridgehead atoms. The molecule has 0 atom stereocenters. The Bertz CT molecular complexity index is 874. The summed E-state index contributed by atoms with van der Waals surface area (Å²) in [5.41, 5.74) is 4.02. The standard InChI is InChI=1S/C20H22FN5O/c21-18-5-3-15(4-6-18)19-17(14-24-25-19)13-22-12-16-2-1-7-23-20(16)26-8-10-27-11-9-26/h1-7,14,22H,8-13H2,(H,24,25). The molecule has 0 unspecified atom stereocenters. The summed E-state index contributed by atoms with van der Waals surface area (Å²) in [7, 11) is 0. The molecule has 1 aliphatic rings. The number of H-pyrrole nitrogens is 1. The highest BCUT2D eigenvalue weighted by atomic mass is 19.1. The SMILES string of the molecule is Fc1ccc(-c2[nH]ncc2CNCc2cccnc2N2CCOCC2)cc1. The van der Waals surface area contributed by atoms with Gasteiger partial charge in [0.2, 0.25) is 0 Å². The van der Waals surface area contributed by atoms with E-state index in [0.717, 1.165) is 54.5 Å². The van der Waals surface area contributed by atoms with Crippen LogP contribution in [0.2, 0.25) is 0 Å². The zero-order chi connectivity index (χ0) is 18.5. The molecule has 2 aromatic heterocycles. The second-order valence-corrected chi connectivity index (χ2v) is 6.47. The highest BCUT2D eigenvalue weighted by Gasteiger charge is 2.16. The van der Waals surface area contributed by atoms with E-state index in [4.69, 9.17) is 4.74 Å². The molecule has 7 heteroatoms. The molecule has 0 aliphatic carbocycles. The summed E-state index contributed by atoms with van der Waals surface area (Å²) >= 11 is 0. The minimum atomic E-state index is -0.245. The van der Waals surface area contributed by atoms with E-state index in [-0.39, 0.29) is 5.82 Å². The van der Waals surface area contributed by atoms with E-state index in [2.05, 4.69) is 31.5 Å². The molecule has 4 rings (SSSR count). The first-order valence-corrected chi connectivity index (χ1v) is 9.07. The lowest BCUT2D eigenvalue weighted by Gasteiger charge is -2.29. The number of aromatic amines is 1. The maximum Gasteiger partial charge on any atom is 0.133 e. The van der Waals surface area contributed by atoms with Crippen LogP contribution >= 0.6 is 0 Å². The number of benzene rings is 1. The van der Waals surface area contributed by atoms with E-state index in [9.17, 15) is 4.39 Å². The molecule has 1 fully saturated rings. The van der Waals surface area contributed by atoms with Crippen LogP contribution in [-0.2, 0) is 17.8 Å². The average molecular weight is 367 g/mol.